The van der Waals surface area contributed by atoms with Crippen LogP contribution in [0.5, 0.6) is 0 Å². The maximum absolute atomic E-state index is 12.8. The lowest BCUT2D eigenvalue weighted by atomic mass is 10.1. The molecule has 148 valence electrons. The molecular formula is C20H18N4O4S. The highest BCUT2D eigenvalue weighted by Gasteiger charge is 2.21. The van der Waals surface area contributed by atoms with Crippen molar-refractivity contribution >= 4 is 20.9 Å². The minimum absolute atomic E-state index is 0.00235. The van der Waals surface area contributed by atoms with Gasteiger partial charge in [-0.2, -0.15) is 4.98 Å². The zero-order valence-electron chi connectivity index (χ0n) is 15.8. The molecule has 2 heterocycles. The van der Waals surface area contributed by atoms with Crippen LogP contribution in [0.15, 0.2) is 56.9 Å². The van der Waals surface area contributed by atoms with Crippen molar-refractivity contribution < 1.29 is 8.42 Å². The molecule has 29 heavy (non-hydrogen) atoms. The van der Waals surface area contributed by atoms with Gasteiger partial charge in [0.25, 0.3) is 5.56 Å². The van der Waals surface area contributed by atoms with Crippen LogP contribution in [-0.4, -0.2) is 33.7 Å². The van der Waals surface area contributed by atoms with Crippen molar-refractivity contribution in [2.45, 2.75) is 25.3 Å². The average molecular weight is 410 g/mol. The Morgan fingerprint density at radius 2 is 1.69 bits per heavy atom. The lowest BCUT2D eigenvalue weighted by molar-refractivity contribution is 0.589. The van der Waals surface area contributed by atoms with E-state index in [1.54, 1.807) is 22.8 Å². The molecule has 4 rings (SSSR count). The molecule has 0 saturated heterocycles. The van der Waals surface area contributed by atoms with Crippen LogP contribution < -0.4 is 11.2 Å². The molecule has 2 aliphatic rings. The van der Waals surface area contributed by atoms with Crippen LogP contribution in [0.3, 0.4) is 0 Å². The van der Waals surface area contributed by atoms with Crippen LogP contribution in [-0.2, 0) is 16.4 Å². The van der Waals surface area contributed by atoms with Crippen LogP contribution in [0, 0.1) is 13.8 Å². The van der Waals surface area contributed by atoms with Crippen LogP contribution in [0.25, 0.3) is 22.6 Å². The quantitative estimate of drug-likeness (QED) is 0.512. The first-order chi connectivity index (χ1) is 13.8. The van der Waals surface area contributed by atoms with Gasteiger partial charge in [-0.3, -0.25) is 9.78 Å². The molecule has 0 atom stereocenters. The van der Waals surface area contributed by atoms with Gasteiger partial charge < -0.3 is 4.57 Å². The van der Waals surface area contributed by atoms with Gasteiger partial charge in [0.05, 0.1) is 21.7 Å². The molecule has 0 aromatic heterocycles. The summed E-state index contributed by atoms with van der Waals surface area (Å²) in [6.07, 6.45) is 0. The molecule has 0 saturated carbocycles. The van der Waals surface area contributed by atoms with Crippen molar-refractivity contribution in [3.8, 4) is 11.5 Å². The Bertz CT molecular complexity index is 1420. The van der Waals surface area contributed by atoms with E-state index >= 15 is 0 Å². The number of sulfone groups is 1. The van der Waals surface area contributed by atoms with E-state index in [4.69, 9.17) is 0 Å². The highest BCUT2D eigenvalue weighted by Crippen LogP contribution is 2.24. The number of benzene rings is 2. The van der Waals surface area contributed by atoms with Crippen molar-refractivity contribution in [1.82, 2.24) is 19.5 Å². The predicted octanol–water partition coefficient (Wildman–Crippen LogP) is 1.68. The largest absolute Gasteiger partial charge is 0.349 e. The minimum atomic E-state index is -3.57. The van der Waals surface area contributed by atoms with E-state index in [2.05, 4.69) is 15.0 Å². The van der Waals surface area contributed by atoms with E-state index in [0.717, 1.165) is 11.1 Å². The lowest BCUT2D eigenvalue weighted by Crippen LogP contribution is -2.29. The molecule has 2 aliphatic heterocycles. The Morgan fingerprint density at radius 3 is 2.41 bits per heavy atom. The van der Waals surface area contributed by atoms with Gasteiger partial charge in [0.1, 0.15) is 0 Å². The molecule has 9 heteroatoms. The van der Waals surface area contributed by atoms with E-state index in [1.165, 1.54) is 12.1 Å². The standard InChI is InChI=1S/C20H18N4O4S/c1-12-10-15-16(11-13(12)2)24(18-17(21-15)19(25)23-20(26)22-18)8-9-29(27,28)14-6-4-3-5-7-14/h3-7,10-11H,8-9H2,1-2H3,(H,23,25,26). The third-order valence-electron chi connectivity index (χ3n) is 4.91. The summed E-state index contributed by atoms with van der Waals surface area (Å²) in [7, 11) is -3.57. The maximum Gasteiger partial charge on any atom is 0.349 e. The zero-order valence-corrected chi connectivity index (χ0v) is 16.7. The van der Waals surface area contributed by atoms with Crippen molar-refractivity contribution in [2.75, 3.05) is 5.75 Å². The van der Waals surface area contributed by atoms with Crippen LogP contribution in [0.4, 0.5) is 0 Å². The van der Waals surface area contributed by atoms with E-state index in [0.29, 0.717) is 11.0 Å². The lowest BCUT2D eigenvalue weighted by Gasteiger charge is -2.17. The van der Waals surface area contributed by atoms with Crippen molar-refractivity contribution in [3.05, 3.63) is 74.4 Å². The smallest absolute Gasteiger partial charge is 0.321 e. The molecule has 0 aliphatic carbocycles. The molecule has 2 aromatic rings. The topological polar surface area (TPSA) is 115 Å². The third-order valence-corrected chi connectivity index (χ3v) is 6.62. The Morgan fingerprint density at radius 1 is 1.00 bits per heavy atom. The molecular weight excluding hydrogens is 392 g/mol. The summed E-state index contributed by atoms with van der Waals surface area (Å²) < 4.78 is 27.1. The maximum atomic E-state index is 12.8. The number of hydrogen-bond acceptors (Lipinski definition) is 6. The van der Waals surface area contributed by atoms with Gasteiger partial charge in [-0.25, -0.2) is 18.2 Å². The average Bonchev–Trinajstić information content (AvgIpc) is 2.68. The van der Waals surface area contributed by atoms with Crippen LogP contribution >= 0.6 is 0 Å². The molecule has 1 N–H and O–H groups in total. The van der Waals surface area contributed by atoms with Gasteiger partial charge in [0, 0.05) is 6.54 Å². The number of aromatic nitrogens is 4. The summed E-state index contributed by atoms with van der Waals surface area (Å²) in [5, 5.41) is 0. The molecule has 0 fully saturated rings. The minimum Gasteiger partial charge on any atom is -0.321 e. The molecule has 0 bridgehead atoms. The monoisotopic (exact) mass is 410 g/mol. The summed E-state index contributed by atoms with van der Waals surface area (Å²) in [5.74, 6) is -0.149. The van der Waals surface area contributed by atoms with Crippen molar-refractivity contribution in [3.63, 3.8) is 0 Å². The fraction of sp³-hybridized carbons (Fsp3) is 0.200. The number of fused-ring (bicyclic) bond motifs is 2. The molecule has 8 nitrogen and oxygen atoms in total. The van der Waals surface area contributed by atoms with E-state index in [1.807, 2.05) is 26.0 Å². The number of hydrogen-bond donors (Lipinski definition) is 1. The summed E-state index contributed by atoms with van der Waals surface area (Å²) in [5.41, 5.74) is 1.65. The SMILES string of the molecule is Cc1cc2nc3c(=O)[nH]c(=O)nc-3n(CCS(=O)(=O)c3ccccc3)c2cc1C. The molecule has 0 radical (unpaired) electrons. The summed E-state index contributed by atoms with van der Waals surface area (Å²) >= 11 is 0. The molecule has 0 spiro atoms. The summed E-state index contributed by atoms with van der Waals surface area (Å²) in [4.78, 5) is 34.7. The van der Waals surface area contributed by atoms with Crippen molar-refractivity contribution in [2.24, 2.45) is 0 Å². The van der Waals surface area contributed by atoms with E-state index in [9.17, 15) is 18.0 Å². The number of aromatic amines is 1. The Hall–Kier alpha value is -3.33. The molecule has 0 amide bonds. The van der Waals surface area contributed by atoms with Gasteiger partial charge in [-0.1, -0.05) is 18.2 Å². The van der Waals surface area contributed by atoms with Gasteiger partial charge in [-0.05, 0) is 49.2 Å². The predicted molar refractivity (Wildman–Crippen MR) is 109 cm³/mol. The highest BCUT2D eigenvalue weighted by molar-refractivity contribution is 7.91. The fourth-order valence-corrected chi connectivity index (χ4v) is 4.46. The second-order valence-corrected chi connectivity index (χ2v) is 8.97. The first kappa shape index (κ1) is 19.0. The molecule has 2 aromatic carbocycles. The van der Waals surface area contributed by atoms with Crippen LogP contribution in [0.1, 0.15) is 11.1 Å². The number of nitrogens with one attached hydrogen (secondary N) is 1. The Balaban J connectivity index is 1.92. The highest BCUT2D eigenvalue weighted by atomic mass is 32.2. The van der Waals surface area contributed by atoms with Gasteiger partial charge in [0.15, 0.2) is 21.4 Å². The normalized spacial score (nSPS) is 11.9. The number of rotatable bonds is 4. The molecule has 0 unspecified atom stereocenters. The number of aryl methyl sites for hydroxylation is 3. The summed E-state index contributed by atoms with van der Waals surface area (Å²) in [6.45, 7) is 3.87. The number of H-pyrrole nitrogens is 1. The Labute approximate surface area is 166 Å². The second-order valence-electron chi connectivity index (χ2n) is 6.86. The first-order valence-electron chi connectivity index (χ1n) is 8.96. The third kappa shape index (κ3) is 3.44. The Kier molecular flexibility index (Phi) is 4.54. The van der Waals surface area contributed by atoms with Crippen LogP contribution in [0.2, 0.25) is 0 Å². The second kappa shape index (κ2) is 6.93. The van der Waals surface area contributed by atoms with E-state index in [-0.39, 0.29) is 28.7 Å². The van der Waals surface area contributed by atoms with Crippen molar-refractivity contribution in [1.29, 1.82) is 0 Å². The zero-order chi connectivity index (χ0) is 20.8. The van der Waals surface area contributed by atoms with E-state index < -0.39 is 21.1 Å². The van der Waals surface area contributed by atoms with Gasteiger partial charge in [0.2, 0.25) is 0 Å². The van der Waals surface area contributed by atoms with Gasteiger partial charge in [-0.15, -0.1) is 0 Å². The van der Waals surface area contributed by atoms with Gasteiger partial charge >= 0.3 is 5.69 Å². The first-order valence-corrected chi connectivity index (χ1v) is 10.6. The fourth-order valence-electron chi connectivity index (χ4n) is 3.23. The number of nitrogens with zero attached hydrogens (tertiary/aromatic N) is 3. The summed E-state index contributed by atoms with van der Waals surface area (Å²) in [6, 6.07) is 11.8.